The fourth-order valence-electron chi connectivity index (χ4n) is 3.36. The van der Waals surface area contributed by atoms with E-state index in [1.54, 1.807) is 7.05 Å². The predicted octanol–water partition coefficient (Wildman–Crippen LogP) is 3.27. The van der Waals surface area contributed by atoms with Crippen molar-refractivity contribution < 1.29 is 12.9 Å². The Morgan fingerprint density at radius 2 is 1.74 bits per heavy atom. The smallest absolute Gasteiger partial charge is 0.216 e. The van der Waals surface area contributed by atoms with Gasteiger partial charge in [-0.05, 0) is 37.8 Å². The van der Waals surface area contributed by atoms with E-state index in [-0.39, 0.29) is 11.8 Å². The molecule has 1 aromatic carbocycles. The van der Waals surface area contributed by atoms with Crippen LogP contribution in [-0.2, 0) is 28.9 Å². The van der Waals surface area contributed by atoms with Crippen LogP contribution in [0.5, 0.6) is 0 Å². The van der Waals surface area contributed by atoms with Crippen molar-refractivity contribution in [3.63, 3.8) is 0 Å². The minimum atomic E-state index is -3.40. The Labute approximate surface area is 186 Å². The van der Waals surface area contributed by atoms with Crippen LogP contribution in [0.2, 0.25) is 0 Å². The number of nitrogens with zero attached hydrogens (tertiary/aromatic N) is 2. The normalized spacial score (nSPS) is 12.5. The first kappa shape index (κ1) is 24.9. The summed E-state index contributed by atoms with van der Waals surface area (Å²) >= 11 is 0. The maximum Gasteiger partial charge on any atom is 0.216 e. The number of nitrogens with one attached hydrogen (secondary N) is 3. The fraction of sp³-hybridized carbons (Fsp3) is 0.545. The molecule has 0 aliphatic carbocycles. The van der Waals surface area contributed by atoms with Gasteiger partial charge in [-0.15, -0.1) is 0 Å². The molecule has 1 heterocycles. The Bertz CT molecular complexity index is 950. The zero-order chi connectivity index (χ0) is 22.9. The van der Waals surface area contributed by atoms with Gasteiger partial charge in [0.05, 0.1) is 18.0 Å². The maximum atomic E-state index is 12.3. The Balaban J connectivity index is 1.96. The highest BCUT2D eigenvalue weighted by molar-refractivity contribution is 7.88. The van der Waals surface area contributed by atoms with Gasteiger partial charge >= 0.3 is 0 Å². The summed E-state index contributed by atoms with van der Waals surface area (Å²) in [7, 11) is -1.71. The van der Waals surface area contributed by atoms with E-state index in [1.807, 2.05) is 44.2 Å². The van der Waals surface area contributed by atoms with Crippen molar-refractivity contribution >= 4 is 16.0 Å². The van der Waals surface area contributed by atoms with Crippen LogP contribution in [0.25, 0.3) is 0 Å². The molecule has 0 saturated heterocycles. The summed E-state index contributed by atoms with van der Waals surface area (Å²) in [6.07, 6.45) is 2.06. The average Bonchev–Trinajstić information content (AvgIpc) is 3.17. The number of aromatic nitrogens is 1. The molecule has 0 bridgehead atoms. The number of aliphatic imine (C=N–C) groups is 1. The summed E-state index contributed by atoms with van der Waals surface area (Å²) < 4.78 is 32.7. The molecule has 31 heavy (non-hydrogen) atoms. The molecule has 2 rings (SSSR count). The van der Waals surface area contributed by atoms with Crippen molar-refractivity contribution in [2.24, 2.45) is 4.99 Å². The van der Waals surface area contributed by atoms with Gasteiger partial charge < -0.3 is 15.2 Å². The summed E-state index contributed by atoms with van der Waals surface area (Å²) in [6.45, 7) is 8.82. The van der Waals surface area contributed by atoms with Crippen LogP contribution in [0.15, 0.2) is 39.8 Å². The Kier molecular flexibility index (Phi) is 9.51. The van der Waals surface area contributed by atoms with Gasteiger partial charge in [0.15, 0.2) is 11.7 Å². The van der Waals surface area contributed by atoms with Gasteiger partial charge in [-0.1, -0.05) is 43.3 Å². The van der Waals surface area contributed by atoms with Crippen molar-refractivity contribution in [2.45, 2.75) is 71.3 Å². The molecule has 0 aliphatic heterocycles. The highest BCUT2D eigenvalue weighted by Crippen LogP contribution is 2.22. The lowest BCUT2D eigenvalue weighted by Crippen LogP contribution is -2.36. The Hall–Kier alpha value is -2.39. The lowest BCUT2D eigenvalue weighted by Gasteiger charge is -2.15. The van der Waals surface area contributed by atoms with E-state index in [0.717, 1.165) is 35.4 Å². The average molecular weight is 450 g/mol. The minimum absolute atomic E-state index is 0.0636. The summed E-state index contributed by atoms with van der Waals surface area (Å²) in [4.78, 5) is 4.24. The highest BCUT2D eigenvalue weighted by Gasteiger charge is 2.16. The summed E-state index contributed by atoms with van der Waals surface area (Å²) in [5, 5.41) is 10.6. The largest absolute Gasteiger partial charge is 0.359 e. The van der Waals surface area contributed by atoms with E-state index < -0.39 is 10.0 Å². The second-order valence-corrected chi connectivity index (χ2v) is 9.57. The second kappa shape index (κ2) is 11.9. The van der Waals surface area contributed by atoms with Crippen LogP contribution in [0.1, 0.15) is 69.0 Å². The van der Waals surface area contributed by atoms with Gasteiger partial charge in [0.2, 0.25) is 10.0 Å². The van der Waals surface area contributed by atoms with Gasteiger partial charge in [0.1, 0.15) is 0 Å². The summed E-state index contributed by atoms with van der Waals surface area (Å²) in [5.74, 6) is 1.69. The van der Waals surface area contributed by atoms with Crippen LogP contribution < -0.4 is 15.4 Å². The molecular formula is C22H35N5O3S. The van der Waals surface area contributed by atoms with Crippen molar-refractivity contribution in [2.75, 3.05) is 7.05 Å². The van der Waals surface area contributed by atoms with Gasteiger partial charge in [-0.25, -0.2) is 13.1 Å². The van der Waals surface area contributed by atoms with Crippen LogP contribution in [0.3, 0.4) is 0 Å². The van der Waals surface area contributed by atoms with Crippen molar-refractivity contribution in [1.82, 2.24) is 20.5 Å². The first-order valence-corrected chi connectivity index (χ1v) is 12.4. The van der Waals surface area contributed by atoms with E-state index >= 15 is 0 Å². The SMILES string of the molecule is CCC(CC)c1cc(CNC(=NC)NCc2ccccc2CS(=O)(=O)NC(C)C)on1. The molecule has 9 heteroatoms. The van der Waals surface area contributed by atoms with Gasteiger partial charge in [-0.3, -0.25) is 4.99 Å². The van der Waals surface area contributed by atoms with E-state index in [0.29, 0.717) is 25.0 Å². The quantitative estimate of drug-likeness (QED) is 0.359. The third kappa shape index (κ3) is 7.99. The van der Waals surface area contributed by atoms with Crippen LogP contribution in [-0.4, -0.2) is 32.6 Å². The van der Waals surface area contributed by atoms with Crippen molar-refractivity contribution in [3.05, 3.63) is 52.9 Å². The van der Waals surface area contributed by atoms with Gasteiger partial charge in [-0.2, -0.15) is 0 Å². The monoisotopic (exact) mass is 449 g/mol. The molecule has 0 radical (unpaired) electrons. The molecule has 0 unspecified atom stereocenters. The summed E-state index contributed by atoms with van der Waals surface area (Å²) in [5.41, 5.74) is 2.63. The van der Waals surface area contributed by atoms with Gasteiger partial charge in [0.25, 0.3) is 0 Å². The third-order valence-electron chi connectivity index (χ3n) is 4.96. The van der Waals surface area contributed by atoms with Crippen LogP contribution in [0, 0.1) is 0 Å². The molecule has 8 nitrogen and oxygen atoms in total. The number of hydrogen-bond donors (Lipinski definition) is 3. The number of rotatable bonds is 11. The molecule has 0 spiro atoms. The first-order valence-electron chi connectivity index (χ1n) is 10.7. The third-order valence-corrected chi connectivity index (χ3v) is 6.48. The molecule has 0 aliphatic rings. The molecule has 0 atom stereocenters. The lowest BCUT2D eigenvalue weighted by molar-refractivity contribution is 0.368. The maximum absolute atomic E-state index is 12.3. The zero-order valence-electron chi connectivity index (χ0n) is 19.1. The molecule has 0 amide bonds. The van der Waals surface area contributed by atoms with Gasteiger partial charge in [0, 0.05) is 31.6 Å². The highest BCUT2D eigenvalue weighted by atomic mass is 32.2. The molecular weight excluding hydrogens is 414 g/mol. The fourth-order valence-corrected chi connectivity index (χ4v) is 4.85. The van der Waals surface area contributed by atoms with E-state index in [2.05, 4.69) is 39.4 Å². The van der Waals surface area contributed by atoms with Crippen molar-refractivity contribution in [3.8, 4) is 0 Å². The first-order chi connectivity index (χ1) is 14.8. The van der Waals surface area contributed by atoms with Crippen molar-refractivity contribution in [1.29, 1.82) is 0 Å². The van der Waals surface area contributed by atoms with E-state index in [1.165, 1.54) is 0 Å². The molecule has 0 fully saturated rings. The second-order valence-electron chi connectivity index (χ2n) is 7.81. The predicted molar refractivity (Wildman–Crippen MR) is 124 cm³/mol. The topological polar surface area (TPSA) is 109 Å². The van der Waals surface area contributed by atoms with E-state index in [4.69, 9.17) is 4.52 Å². The number of guanidine groups is 1. The standard InChI is InChI=1S/C22H35N5O3S/c1-6-17(7-2)21-12-20(30-26-21)14-25-22(23-5)24-13-18-10-8-9-11-19(18)15-31(28,29)27-16(3)4/h8-12,16-17,27H,6-7,13-15H2,1-5H3,(H2,23,24,25). The number of benzene rings is 1. The lowest BCUT2D eigenvalue weighted by atomic mass is 9.99. The number of sulfonamides is 1. The molecule has 0 saturated carbocycles. The van der Waals surface area contributed by atoms with Crippen LogP contribution in [0.4, 0.5) is 0 Å². The van der Waals surface area contributed by atoms with Crippen LogP contribution >= 0.6 is 0 Å². The molecule has 3 N–H and O–H groups in total. The Morgan fingerprint density at radius 3 is 2.35 bits per heavy atom. The Morgan fingerprint density at radius 1 is 1.10 bits per heavy atom. The minimum Gasteiger partial charge on any atom is -0.359 e. The summed E-state index contributed by atoms with van der Waals surface area (Å²) in [6, 6.07) is 9.34. The molecule has 1 aromatic heterocycles. The van der Waals surface area contributed by atoms with E-state index in [9.17, 15) is 8.42 Å². The molecule has 172 valence electrons. The zero-order valence-corrected chi connectivity index (χ0v) is 19.9. The molecule has 2 aromatic rings. The number of hydrogen-bond acceptors (Lipinski definition) is 5.